The minimum absolute atomic E-state index is 0.00962. The maximum Gasteiger partial charge on any atom is 0.411 e. The average molecular weight is 452 g/mol. The number of rotatable bonds is 6. The highest BCUT2D eigenvalue weighted by molar-refractivity contribution is 7.99. The maximum absolute atomic E-state index is 12.6. The minimum atomic E-state index is -4.37. The molecule has 0 radical (unpaired) electrons. The van der Waals surface area contributed by atoms with E-state index < -0.39 is 12.8 Å². The van der Waals surface area contributed by atoms with E-state index in [1.54, 1.807) is 30.3 Å². The maximum atomic E-state index is 12.6. The summed E-state index contributed by atoms with van der Waals surface area (Å²) in [5.74, 6) is 1.51. The molecule has 0 spiro atoms. The standard InChI is InChI=1S/C22H23F3N2O3S/c1-15-12-18(21(29)27-8-10-31-11-9-27)6-7-19(15)26-20(28)17-4-2-16(3-5-17)13-30-14-22(23,24)25/h2-7,12H,8-11,13-14H2,1H3,(H,26,28). The lowest BCUT2D eigenvalue weighted by molar-refractivity contribution is -0.176. The number of nitrogens with one attached hydrogen (secondary N) is 1. The van der Waals surface area contributed by atoms with Crippen LogP contribution in [0.5, 0.6) is 0 Å². The lowest BCUT2D eigenvalue weighted by Gasteiger charge is -2.26. The van der Waals surface area contributed by atoms with Crippen molar-refractivity contribution in [2.45, 2.75) is 19.7 Å². The Morgan fingerprint density at radius 1 is 1.06 bits per heavy atom. The van der Waals surface area contributed by atoms with E-state index in [4.69, 9.17) is 0 Å². The van der Waals surface area contributed by atoms with E-state index in [2.05, 4.69) is 10.1 Å². The van der Waals surface area contributed by atoms with Gasteiger partial charge in [-0.1, -0.05) is 12.1 Å². The van der Waals surface area contributed by atoms with Crippen molar-refractivity contribution < 1.29 is 27.5 Å². The second-order valence-electron chi connectivity index (χ2n) is 7.19. The average Bonchev–Trinajstić information content (AvgIpc) is 2.75. The molecule has 2 aromatic carbocycles. The SMILES string of the molecule is Cc1cc(C(=O)N2CCSCC2)ccc1NC(=O)c1ccc(COCC(F)(F)F)cc1. The molecule has 31 heavy (non-hydrogen) atoms. The monoisotopic (exact) mass is 452 g/mol. The molecule has 0 unspecified atom stereocenters. The van der Waals surface area contributed by atoms with Crippen LogP contribution in [0.3, 0.4) is 0 Å². The van der Waals surface area contributed by atoms with Crippen LogP contribution in [0.15, 0.2) is 42.5 Å². The zero-order chi connectivity index (χ0) is 22.4. The topological polar surface area (TPSA) is 58.6 Å². The molecule has 9 heteroatoms. The molecule has 2 amide bonds. The van der Waals surface area contributed by atoms with E-state index in [0.717, 1.165) is 30.2 Å². The zero-order valence-electron chi connectivity index (χ0n) is 17.0. The molecular formula is C22H23F3N2O3S. The molecule has 1 aliphatic heterocycles. The van der Waals surface area contributed by atoms with E-state index in [9.17, 15) is 22.8 Å². The van der Waals surface area contributed by atoms with Crippen LogP contribution in [0, 0.1) is 6.92 Å². The Hall–Kier alpha value is -2.52. The van der Waals surface area contributed by atoms with E-state index in [0.29, 0.717) is 22.4 Å². The summed E-state index contributed by atoms with van der Waals surface area (Å²) < 4.78 is 41.0. The summed E-state index contributed by atoms with van der Waals surface area (Å²) in [6.07, 6.45) is -4.37. The number of ether oxygens (including phenoxy) is 1. The molecule has 1 aliphatic rings. The number of carbonyl (C=O) groups is 2. The predicted molar refractivity (Wildman–Crippen MR) is 115 cm³/mol. The molecule has 1 N–H and O–H groups in total. The first-order valence-corrected chi connectivity index (χ1v) is 10.9. The molecule has 1 fully saturated rings. The molecule has 1 heterocycles. The number of hydrogen-bond donors (Lipinski definition) is 1. The predicted octanol–water partition coefficient (Wildman–Crippen LogP) is 4.52. The summed E-state index contributed by atoms with van der Waals surface area (Å²) in [6, 6.07) is 11.3. The van der Waals surface area contributed by atoms with Crippen LogP contribution in [-0.2, 0) is 11.3 Å². The summed E-state index contributed by atoms with van der Waals surface area (Å²) >= 11 is 1.83. The number of amides is 2. The molecule has 0 saturated carbocycles. The molecule has 2 aromatic rings. The van der Waals surface area contributed by atoms with Crippen LogP contribution in [0.1, 0.15) is 31.8 Å². The Labute approximate surface area is 182 Å². The van der Waals surface area contributed by atoms with Gasteiger partial charge in [-0.05, 0) is 48.4 Å². The number of aryl methyl sites for hydroxylation is 1. The fourth-order valence-electron chi connectivity index (χ4n) is 3.12. The Kier molecular flexibility index (Phi) is 7.61. The van der Waals surface area contributed by atoms with Gasteiger partial charge >= 0.3 is 6.18 Å². The molecule has 0 atom stereocenters. The highest BCUT2D eigenvalue weighted by Gasteiger charge is 2.27. The van der Waals surface area contributed by atoms with Gasteiger partial charge in [0.15, 0.2) is 0 Å². The zero-order valence-corrected chi connectivity index (χ0v) is 17.8. The van der Waals surface area contributed by atoms with Crippen molar-refractivity contribution >= 4 is 29.3 Å². The number of carbonyl (C=O) groups excluding carboxylic acids is 2. The van der Waals surface area contributed by atoms with E-state index in [-0.39, 0.29) is 18.4 Å². The van der Waals surface area contributed by atoms with Gasteiger partial charge in [0.25, 0.3) is 11.8 Å². The third kappa shape index (κ3) is 6.73. The van der Waals surface area contributed by atoms with Crippen LogP contribution in [-0.4, -0.2) is 54.1 Å². The minimum Gasteiger partial charge on any atom is -0.367 e. The molecule has 0 bridgehead atoms. The van der Waals surface area contributed by atoms with E-state index in [1.165, 1.54) is 12.1 Å². The van der Waals surface area contributed by atoms with Crippen molar-refractivity contribution in [1.29, 1.82) is 0 Å². The normalized spacial score (nSPS) is 14.4. The third-order valence-electron chi connectivity index (χ3n) is 4.77. The lowest BCUT2D eigenvalue weighted by atomic mass is 10.1. The Morgan fingerprint density at radius 3 is 2.32 bits per heavy atom. The van der Waals surface area contributed by atoms with Crippen LogP contribution in [0.4, 0.5) is 18.9 Å². The number of nitrogens with zero attached hydrogens (tertiary/aromatic N) is 1. The van der Waals surface area contributed by atoms with Crippen molar-refractivity contribution in [2.75, 3.05) is 36.5 Å². The first-order valence-electron chi connectivity index (χ1n) is 9.75. The lowest BCUT2D eigenvalue weighted by Crippen LogP contribution is -2.37. The second-order valence-corrected chi connectivity index (χ2v) is 8.42. The number of thioether (sulfide) groups is 1. The number of alkyl halides is 3. The van der Waals surface area contributed by atoms with E-state index >= 15 is 0 Å². The molecule has 166 valence electrons. The van der Waals surface area contributed by atoms with Crippen molar-refractivity contribution in [3.63, 3.8) is 0 Å². The highest BCUT2D eigenvalue weighted by atomic mass is 32.2. The molecule has 1 saturated heterocycles. The fraction of sp³-hybridized carbons (Fsp3) is 0.364. The van der Waals surface area contributed by atoms with E-state index in [1.807, 2.05) is 23.6 Å². The molecule has 3 rings (SSSR count). The van der Waals surface area contributed by atoms with Crippen molar-refractivity contribution in [1.82, 2.24) is 4.90 Å². The first-order chi connectivity index (χ1) is 14.7. The van der Waals surface area contributed by atoms with Crippen molar-refractivity contribution in [3.8, 4) is 0 Å². The summed E-state index contributed by atoms with van der Waals surface area (Å²) in [4.78, 5) is 27.0. The molecular weight excluding hydrogens is 429 g/mol. The van der Waals surface area contributed by atoms with Gasteiger partial charge in [0.05, 0.1) is 6.61 Å². The summed E-state index contributed by atoms with van der Waals surface area (Å²) in [5, 5.41) is 2.81. The quantitative estimate of drug-likeness (QED) is 0.701. The van der Waals surface area contributed by atoms with Crippen molar-refractivity contribution in [2.24, 2.45) is 0 Å². The van der Waals surface area contributed by atoms with Crippen LogP contribution >= 0.6 is 11.8 Å². The molecule has 0 aromatic heterocycles. The summed E-state index contributed by atoms with van der Waals surface area (Å²) in [7, 11) is 0. The van der Waals surface area contributed by atoms with Crippen LogP contribution in [0.25, 0.3) is 0 Å². The number of hydrogen-bond acceptors (Lipinski definition) is 4. The smallest absolute Gasteiger partial charge is 0.367 e. The fourth-order valence-corrected chi connectivity index (χ4v) is 4.02. The second kappa shape index (κ2) is 10.2. The van der Waals surface area contributed by atoms with Gasteiger partial charge in [-0.25, -0.2) is 0 Å². The summed E-state index contributed by atoms with van der Waals surface area (Å²) in [5.41, 5.74) is 2.85. The van der Waals surface area contributed by atoms with Gasteiger partial charge in [-0.3, -0.25) is 9.59 Å². The Morgan fingerprint density at radius 2 is 1.71 bits per heavy atom. The van der Waals surface area contributed by atoms with Gasteiger partial charge in [-0.15, -0.1) is 0 Å². The number of benzene rings is 2. The van der Waals surface area contributed by atoms with Gasteiger partial charge in [0.2, 0.25) is 0 Å². The number of anilines is 1. The largest absolute Gasteiger partial charge is 0.411 e. The molecule has 5 nitrogen and oxygen atoms in total. The Balaban J connectivity index is 1.59. The molecule has 0 aliphatic carbocycles. The van der Waals surface area contributed by atoms with Crippen LogP contribution < -0.4 is 5.32 Å². The number of halogens is 3. The van der Waals surface area contributed by atoms with Gasteiger partial charge < -0.3 is 15.0 Å². The van der Waals surface area contributed by atoms with Crippen molar-refractivity contribution in [3.05, 3.63) is 64.7 Å². The third-order valence-corrected chi connectivity index (χ3v) is 5.71. The van der Waals surface area contributed by atoms with Gasteiger partial charge in [-0.2, -0.15) is 24.9 Å². The van der Waals surface area contributed by atoms with Gasteiger partial charge in [0, 0.05) is 41.4 Å². The Bertz CT molecular complexity index is 927. The van der Waals surface area contributed by atoms with Gasteiger partial charge in [0.1, 0.15) is 6.61 Å². The van der Waals surface area contributed by atoms with Crippen LogP contribution in [0.2, 0.25) is 0 Å². The summed E-state index contributed by atoms with van der Waals surface area (Å²) in [6.45, 7) is 1.78. The highest BCUT2D eigenvalue weighted by Crippen LogP contribution is 2.21. The first kappa shape index (κ1) is 23.1.